The molecule has 0 aromatic heterocycles. The van der Waals surface area contributed by atoms with Crippen molar-refractivity contribution in [1.82, 2.24) is 10.2 Å². The summed E-state index contributed by atoms with van der Waals surface area (Å²) >= 11 is 0. The molecule has 0 spiro atoms. The highest BCUT2D eigenvalue weighted by molar-refractivity contribution is 5.29. The van der Waals surface area contributed by atoms with Crippen molar-refractivity contribution >= 4 is 0 Å². The van der Waals surface area contributed by atoms with Gasteiger partial charge in [-0.05, 0) is 57.0 Å². The van der Waals surface area contributed by atoms with Crippen molar-refractivity contribution in [2.24, 2.45) is 0 Å². The van der Waals surface area contributed by atoms with Crippen LogP contribution in [0.25, 0.3) is 0 Å². The Morgan fingerprint density at radius 2 is 2.00 bits per heavy atom. The molecule has 2 unspecified atom stereocenters. The molecule has 1 heterocycles. The van der Waals surface area contributed by atoms with Gasteiger partial charge in [0.25, 0.3) is 0 Å². The van der Waals surface area contributed by atoms with E-state index in [0.717, 1.165) is 31.9 Å². The van der Waals surface area contributed by atoms with Gasteiger partial charge >= 0.3 is 0 Å². The van der Waals surface area contributed by atoms with Gasteiger partial charge in [-0.15, -0.1) is 0 Å². The molecule has 1 aromatic carbocycles. The molecule has 0 bridgehead atoms. The number of rotatable bonds is 8. The Kier molecular flexibility index (Phi) is 6.52. The molecule has 1 aliphatic heterocycles. The number of hydrogen-bond donors (Lipinski definition) is 1. The van der Waals surface area contributed by atoms with E-state index in [1.54, 1.807) is 0 Å². The monoisotopic (exact) mass is 290 g/mol. The van der Waals surface area contributed by atoms with Gasteiger partial charge in [-0.1, -0.05) is 26.0 Å². The topological polar surface area (TPSA) is 24.5 Å². The number of hydrogen-bond acceptors (Lipinski definition) is 3. The predicted octanol–water partition coefficient (Wildman–Crippen LogP) is 3.61. The number of nitrogens with one attached hydrogen (secondary N) is 1. The molecule has 3 nitrogen and oxygen atoms in total. The quantitative estimate of drug-likeness (QED) is 0.791. The number of ether oxygens (including phenoxy) is 1. The Morgan fingerprint density at radius 1 is 1.24 bits per heavy atom. The SMILES string of the molecule is CCCOc1ccc(C(C)N(CCC)C2CCNC2)cc1. The van der Waals surface area contributed by atoms with E-state index in [1.165, 1.54) is 24.9 Å². The van der Waals surface area contributed by atoms with E-state index in [2.05, 4.69) is 55.3 Å². The molecule has 1 aromatic rings. The van der Waals surface area contributed by atoms with Crippen LogP contribution in [0, 0.1) is 0 Å². The van der Waals surface area contributed by atoms with Crippen LogP contribution < -0.4 is 10.1 Å². The average Bonchev–Trinajstić information content (AvgIpc) is 3.04. The highest BCUT2D eigenvalue weighted by atomic mass is 16.5. The van der Waals surface area contributed by atoms with Crippen LogP contribution in [0.2, 0.25) is 0 Å². The lowest BCUT2D eigenvalue weighted by Gasteiger charge is -2.34. The normalized spacial score (nSPS) is 19.9. The molecule has 0 amide bonds. The summed E-state index contributed by atoms with van der Waals surface area (Å²) in [7, 11) is 0. The van der Waals surface area contributed by atoms with E-state index in [9.17, 15) is 0 Å². The minimum atomic E-state index is 0.468. The van der Waals surface area contributed by atoms with Gasteiger partial charge in [0.1, 0.15) is 5.75 Å². The molecule has 1 aliphatic rings. The van der Waals surface area contributed by atoms with Crippen LogP contribution in [0.1, 0.15) is 51.6 Å². The minimum Gasteiger partial charge on any atom is -0.494 e. The van der Waals surface area contributed by atoms with Crippen LogP contribution in [0.15, 0.2) is 24.3 Å². The van der Waals surface area contributed by atoms with Gasteiger partial charge in [0.15, 0.2) is 0 Å². The van der Waals surface area contributed by atoms with Crippen LogP contribution >= 0.6 is 0 Å². The number of benzene rings is 1. The summed E-state index contributed by atoms with van der Waals surface area (Å²) in [5.74, 6) is 0.984. The van der Waals surface area contributed by atoms with E-state index in [0.29, 0.717) is 12.1 Å². The zero-order valence-corrected chi connectivity index (χ0v) is 13.8. The third kappa shape index (κ3) is 4.45. The third-order valence-corrected chi connectivity index (χ3v) is 4.32. The summed E-state index contributed by atoms with van der Waals surface area (Å²) in [5.41, 5.74) is 1.39. The van der Waals surface area contributed by atoms with Crippen molar-refractivity contribution in [3.05, 3.63) is 29.8 Å². The van der Waals surface area contributed by atoms with E-state index in [4.69, 9.17) is 4.74 Å². The third-order valence-electron chi connectivity index (χ3n) is 4.32. The van der Waals surface area contributed by atoms with Gasteiger partial charge in [-0.3, -0.25) is 4.90 Å². The van der Waals surface area contributed by atoms with Crippen molar-refractivity contribution in [1.29, 1.82) is 0 Å². The molecular weight excluding hydrogens is 260 g/mol. The molecule has 0 radical (unpaired) electrons. The standard InChI is InChI=1S/C18H30N2O/c1-4-12-20(17-10-11-19-14-17)15(3)16-6-8-18(9-7-16)21-13-5-2/h6-9,15,17,19H,4-5,10-14H2,1-3H3. The lowest BCUT2D eigenvalue weighted by Crippen LogP contribution is -2.39. The molecule has 3 heteroatoms. The molecule has 118 valence electrons. The second-order valence-electron chi connectivity index (χ2n) is 5.98. The van der Waals surface area contributed by atoms with Crippen LogP contribution in [0.5, 0.6) is 5.75 Å². The average molecular weight is 290 g/mol. The summed E-state index contributed by atoms with van der Waals surface area (Å²) in [4.78, 5) is 2.65. The van der Waals surface area contributed by atoms with Crippen LogP contribution in [0.3, 0.4) is 0 Å². The zero-order valence-electron chi connectivity index (χ0n) is 13.8. The molecular formula is C18H30N2O. The van der Waals surface area contributed by atoms with E-state index in [1.807, 2.05) is 0 Å². The largest absolute Gasteiger partial charge is 0.494 e. The Balaban J connectivity index is 2.03. The maximum Gasteiger partial charge on any atom is 0.119 e. The first-order chi connectivity index (χ1) is 10.3. The highest BCUT2D eigenvalue weighted by Gasteiger charge is 2.26. The van der Waals surface area contributed by atoms with Crippen molar-refractivity contribution in [2.45, 2.75) is 52.1 Å². The molecule has 0 aliphatic carbocycles. The molecule has 21 heavy (non-hydrogen) atoms. The fraction of sp³-hybridized carbons (Fsp3) is 0.667. The maximum absolute atomic E-state index is 5.67. The van der Waals surface area contributed by atoms with Crippen molar-refractivity contribution in [2.75, 3.05) is 26.2 Å². The highest BCUT2D eigenvalue weighted by Crippen LogP contribution is 2.26. The van der Waals surface area contributed by atoms with Gasteiger partial charge in [-0.25, -0.2) is 0 Å². The van der Waals surface area contributed by atoms with Crippen molar-refractivity contribution in [3.8, 4) is 5.75 Å². The van der Waals surface area contributed by atoms with Gasteiger partial charge in [0, 0.05) is 18.6 Å². The Labute approximate surface area is 129 Å². The van der Waals surface area contributed by atoms with Gasteiger partial charge in [0.2, 0.25) is 0 Å². The zero-order chi connectivity index (χ0) is 15.1. The maximum atomic E-state index is 5.67. The summed E-state index contributed by atoms with van der Waals surface area (Å²) in [5, 5.41) is 3.49. The van der Waals surface area contributed by atoms with Crippen molar-refractivity contribution < 1.29 is 4.74 Å². The molecule has 1 saturated heterocycles. The minimum absolute atomic E-state index is 0.468. The fourth-order valence-electron chi connectivity index (χ4n) is 3.13. The summed E-state index contributed by atoms with van der Waals surface area (Å²) < 4.78 is 5.67. The number of nitrogens with zero attached hydrogens (tertiary/aromatic N) is 1. The fourth-order valence-corrected chi connectivity index (χ4v) is 3.13. The second kappa shape index (κ2) is 8.40. The lowest BCUT2D eigenvalue weighted by molar-refractivity contribution is 0.153. The molecule has 1 N–H and O–H groups in total. The lowest BCUT2D eigenvalue weighted by atomic mass is 10.0. The van der Waals surface area contributed by atoms with Gasteiger partial charge in [-0.2, -0.15) is 0 Å². The first-order valence-corrected chi connectivity index (χ1v) is 8.45. The van der Waals surface area contributed by atoms with Crippen LogP contribution in [-0.4, -0.2) is 37.2 Å². The van der Waals surface area contributed by atoms with Gasteiger partial charge < -0.3 is 10.1 Å². The summed E-state index contributed by atoms with van der Waals surface area (Å²) in [6.45, 7) is 11.0. The summed E-state index contributed by atoms with van der Waals surface area (Å²) in [6.07, 6.45) is 3.53. The van der Waals surface area contributed by atoms with Crippen molar-refractivity contribution in [3.63, 3.8) is 0 Å². The molecule has 1 fully saturated rings. The first kappa shape index (κ1) is 16.3. The second-order valence-corrected chi connectivity index (χ2v) is 5.98. The predicted molar refractivity (Wildman–Crippen MR) is 88.9 cm³/mol. The van der Waals surface area contributed by atoms with E-state index < -0.39 is 0 Å². The smallest absolute Gasteiger partial charge is 0.119 e. The Morgan fingerprint density at radius 3 is 2.57 bits per heavy atom. The van der Waals surface area contributed by atoms with E-state index in [-0.39, 0.29) is 0 Å². The van der Waals surface area contributed by atoms with E-state index >= 15 is 0 Å². The van der Waals surface area contributed by atoms with Crippen LogP contribution in [-0.2, 0) is 0 Å². The van der Waals surface area contributed by atoms with Gasteiger partial charge in [0.05, 0.1) is 6.61 Å². The Bertz CT molecular complexity index is 398. The molecule has 2 rings (SSSR count). The molecule has 0 saturated carbocycles. The van der Waals surface area contributed by atoms with Crippen LogP contribution in [0.4, 0.5) is 0 Å². The first-order valence-electron chi connectivity index (χ1n) is 8.45. The Hall–Kier alpha value is -1.06. The summed E-state index contributed by atoms with van der Waals surface area (Å²) in [6, 6.07) is 9.81. The molecule has 2 atom stereocenters.